The molecule has 3 aromatic heterocycles. The van der Waals surface area contributed by atoms with Crippen LogP contribution in [-0.4, -0.2) is 61.3 Å². The zero-order valence-corrected chi connectivity index (χ0v) is 28.3. The molecule has 262 valence electrons. The van der Waals surface area contributed by atoms with E-state index in [1.54, 1.807) is 37.3 Å². The number of carbonyl (C=O) groups is 1. The predicted octanol–water partition coefficient (Wildman–Crippen LogP) is 6.68. The van der Waals surface area contributed by atoms with Crippen LogP contribution in [0.25, 0.3) is 27.5 Å². The molecule has 0 spiro atoms. The standard InChI is InChI=1S/C39H34F2N8O3/c1-23-30-16-27(17-32(41)38(30)47-46-23)39(50)43-28-7-8-34-35(18-28)49(20-29-11-14-51-29)36(44-34)21-48-12-9-25(10-13-48)33-3-2-4-37(45-33)52-22-26-6-5-24(19-42)15-31(26)40/h2-9,15-18,29H,10-14,20-22H2,1H3,(H,43,50)(H,46,47). The predicted molar refractivity (Wildman–Crippen MR) is 190 cm³/mol. The average Bonchev–Trinajstić information content (AvgIpc) is 3.68. The Hall–Kier alpha value is -5.97. The van der Waals surface area contributed by atoms with E-state index in [0.717, 1.165) is 54.1 Å². The molecule has 8 rings (SSSR count). The van der Waals surface area contributed by atoms with E-state index >= 15 is 0 Å². The van der Waals surface area contributed by atoms with Crippen molar-refractivity contribution < 1.29 is 23.0 Å². The van der Waals surface area contributed by atoms with Crippen LogP contribution < -0.4 is 10.1 Å². The van der Waals surface area contributed by atoms with Crippen molar-refractivity contribution in [1.29, 1.82) is 5.26 Å². The third kappa shape index (κ3) is 6.73. The molecule has 11 nitrogen and oxygen atoms in total. The second kappa shape index (κ2) is 14.0. The molecule has 1 amide bonds. The Balaban J connectivity index is 0.966. The molecule has 5 heterocycles. The molecule has 2 aliphatic rings. The number of nitrogens with one attached hydrogen (secondary N) is 2. The van der Waals surface area contributed by atoms with E-state index in [4.69, 9.17) is 19.7 Å². The number of ether oxygens (including phenoxy) is 2. The third-order valence-electron chi connectivity index (χ3n) is 9.61. The van der Waals surface area contributed by atoms with Crippen molar-refractivity contribution >= 4 is 39.1 Å². The number of aromatic nitrogens is 5. The summed E-state index contributed by atoms with van der Waals surface area (Å²) in [4.78, 5) is 25.2. The highest BCUT2D eigenvalue weighted by molar-refractivity contribution is 6.07. The summed E-state index contributed by atoms with van der Waals surface area (Å²) in [5.41, 5.74) is 5.89. The molecule has 0 saturated carbocycles. The van der Waals surface area contributed by atoms with Crippen LogP contribution in [0.5, 0.6) is 5.88 Å². The quantitative estimate of drug-likeness (QED) is 0.162. The number of hydrogen-bond acceptors (Lipinski definition) is 8. The van der Waals surface area contributed by atoms with Crippen LogP contribution in [-0.2, 0) is 24.4 Å². The molecule has 13 heteroatoms. The van der Waals surface area contributed by atoms with Gasteiger partial charge in [0.1, 0.15) is 29.6 Å². The minimum atomic E-state index is -0.533. The number of pyridine rings is 1. The van der Waals surface area contributed by atoms with Crippen LogP contribution in [0.3, 0.4) is 0 Å². The minimum absolute atomic E-state index is 0.00354. The first-order valence-electron chi connectivity index (χ1n) is 17.1. The lowest BCUT2D eigenvalue weighted by Crippen LogP contribution is -2.33. The van der Waals surface area contributed by atoms with Gasteiger partial charge in [0, 0.05) is 48.0 Å². The highest BCUT2D eigenvalue weighted by atomic mass is 19.1. The van der Waals surface area contributed by atoms with Gasteiger partial charge >= 0.3 is 0 Å². The molecule has 52 heavy (non-hydrogen) atoms. The average molecular weight is 701 g/mol. The number of benzene rings is 3. The number of aryl methyl sites for hydroxylation is 1. The van der Waals surface area contributed by atoms with Crippen molar-refractivity contribution in [2.24, 2.45) is 0 Å². The summed E-state index contributed by atoms with van der Waals surface area (Å²) in [6, 6.07) is 20.3. The Labute approximate surface area is 297 Å². The van der Waals surface area contributed by atoms with Crippen molar-refractivity contribution in [3.05, 3.63) is 118 Å². The first kappa shape index (κ1) is 33.2. The van der Waals surface area contributed by atoms with Crippen molar-refractivity contribution in [3.63, 3.8) is 0 Å². The maximum atomic E-state index is 14.7. The van der Waals surface area contributed by atoms with Gasteiger partial charge in [-0.15, -0.1) is 0 Å². The van der Waals surface area contributed by atoms with Gasteiger partial charge in [0.05, 0.1) is 53.2 Å². The van der Waals surface area contributed by atoms with Gasteiger partial charge < -0.3 is 19.4 Å². The molecule has 0 bridgehead atoms. The van der Waals surface area contributed by atoms with Crippen molar-refractivity contribution in [2.45, 2.75) is 45.6 Å². The number of hydrogen-bond donors (Lipinski definition) is 2. The zero-order valence-electron chi connectivity index (χ0n) is 28.3. The normalized spacial score (nSPS) is 16.0. The molecule has 6 aromatic rings. The SMILES string of the molecule is Cc1n[nH]c2c(F)cc(C(=O)Nc3ccc4nc(CN5CC=C(c6cccc(OCc7ccc(C#N)cc7F)n6)CC5)n(CC5CCO5)c4c3)cc12. The van der Waals surface area contributed by atoms with Gasteiger partial charge in [0.15, 0.2) is 0 Å². The molecule has 1 fully saturated rings. The van der Waals surface area contributed by atoms with Gasteiger partial charge in [-0.2, -0.15) is 10.4 Å². The summed E-state index contributed by atoms with van der Waals surface area (Å²) in [6.45, 7) is 5.24. The van der Waals surface area contributed by atoms with Gasteiger partial charge in [-0.05, 0) is 73.9 Å². The lowest BCUT2D eigenvalue weighted by Gasteiger charge is -2.29. The summed E-state index contributed by atoms with van der Waals surface area (Å²) in [7, 11) is 0. The molecule has 2 N–H and O–H groups in total. The first-order chi connectivity index (χ1) is 25.3. The van der Waals surface area contributed by atoms with Crippen LogP contribution in [0.15, 0.2) is 72.8 Å². The summed E-state index contributed by atoms with van der Waals surface area (Å²) < 4.78 is 42.8. The Bertz CT molecular complexity index is 2410. The summed E-state index contributed by atoms with van der Waals surface area (Å²) in [5, 5.41) is 19.2. The van der Waals surface area contributed by atoms with Gasteiger partial charge in [-0.3, -0.25) is 14.8 Å². The molecule has 1 unspecified atom stereocenters. The van der Waals surface area contributed by atoms with E-state index in [-0.39, 0.29) is 29.4 Å². The maximum absolute atomic E-state index is 14.7. The maximum Gasteiger partial charge on any atom is 0.255 e. The molecular weight excluding hydrogens is 666 g/mol. The number of amides is 1. The van der Waals surface area contributed by atoms with Gasteiger partial charge in [0.2, 0.25) is 5.88 Å². The molecule has 3 aromatic carbocycles. The van der Waals surface area contributed by atoms with Gasteiger partial charge in [0.25, 0.3) is 5.91 Å². The highest BCUT2D eigenvalue weighted by Crippen LogP contribution is 2.28. The topological polar surface area (TPSA) is 134 Å². The summed E-state index contributed by atoms with van der Waals surface area (Å²) in [5.74, 6) is -0.143. The van der Waals surface area contributed by atoms with Crippen LogP contribution in [0, 0.1) is 29.9 Å². The fourth-order valence-corrected chi connectivity index (χ4v) is 6.59. The van der Waals surface area contributed by atoms with E-state index < -0.39 is 17.5 Å². The number of carbonyl (C=O) groups excluding carboxylic acids is 1. The minimum Gasteiger partial charge on any atom is -0.473 e. The summed E-state index contributed by atoms with van der Waals surface area (Å²) >= 11 is 0. The molecule has 1 atom stereocenters. The number of imidazole rings is 1. The smallest absolute Gasteiger partial charge is 0.255 e. The second-order valence-electron chi connectivity index (χ2n) is 13.0. The lowest BCUT2D eigenvalue weighted by molar-refractivity contribution is -0.0591. The fraction of sp³-hybridized carbons (Fsp3) is 0.256. The van der Waals surface area contributed by atoms with E-state index in [1.807, 2.05) is 30.3 Å². The second-order valence-corrected chi connectivity index (χ2v) is 13.0. The fourth-order valence-electron chi connectivity index (χ4n) is 6.59. The molecular formula is C39H34F2N8O3. The molecule has 1 saturated heterocycles. The van der Waals surface area contributed by atoms with Crippen molar-refractivity contribution in [3.8, 4) is 11.9 Å². The third-order valence-corrected chi connectivity index (χ3v) is 9.61. The monoisotopic (exact) mass is 700 g/mol. The van der Waals surface area contributed by atoms with Crippen molar-refractivity contribution in [1.82, 2.24) is 29.6 Å². The Morgan fingerprint density at radius 2 is 2.00 bits per heavy atom. The number of aromatic amines is 1. The van der Waals surface area contributed by atoms with Crippen molar-refractivity contribution in [2.75, 3.05) is 25.0 Å². The number of nitriles is 1. The molecule has 2 aliphatic heterocycles. The van der Waals surface area contributed by atoms with E-state index in [1.165, 1.54) is 12.1 Å². The van der Waals surface area contributed by atoms with E-state index in [0.29, 0.717) is 47.8 Å². The summed E-state index contributed by atoms with van der Waals surface area (Å²) in [6.07, 6.45) is 3.99. The van der Waals surface area contributed by atoms with Gasteiger partial charge in [-0.25, -0.2) is 18.7 Å². The number of H-pyrrole nitrogens is 1. The van der Waals surface area contributed by atoms with Crippen LogP contribution in [0.2, 0.25) is 0 Å². The molecule has 0 radical (unpaired) electrons. The lowest BCUT2D eigenvalue weighted by atomic mass is 10.0. The Morgan fingerprint density at radius 1 is 1.12 bits per heavy atom. The number of anilines is 1. The number of nitrogens with zero attached hydrogens (tertiary/aromatic N) is 6. The first-order valence-corrected chi connectivity index (χ1v) is 17.1. The van der Waals surface area contributed by atoms with Crippen LogP contribution in [0.4, 0.5) is 14.5 Å². The molecule has 0 aliphatic carbocycles. The highest BCUT2D eigenvalue weighted by Gasteiger charge is 2.24. The van der Waals surface area contributed by atoms with Crippen LogP contribution >= 0.6 is 0 Å². The van der Waals surface area contributed by atoms with E-state index in [9.17, 15) is 13.6 Å². The van der Waals surface area contributed by atoms with Crippen LogP contribution in [0.1, 0.15) is 51.5 Å². The number of halogens is 2. The Kier molecular flexibility index (Phi) is 8.92. The number of fused-ring (bicyclic) bond motifs is 2. The van der Waals surface area contributed by atoms with Gasteiger partial charge in [-0.1, -0.05) is 18.2 Å². The largest absolute Gasteiger partial charge is 0.473 e. The zero-order chi connectivity index (χ0) is 35.8. The Morgan fingerprint density at radius 3 is 2.77 bits per heavy atom. The number of rotatable bonds is 10. The van der Waals surface area contributed by atoms with E-state index in [2.05, 4.69) is 36.0 Å².